The lowest BCUT2D eigenvalue weighted by Crippen LogP contribution is -2.35. The molecule has 0 radical (unpaired) electrons. The van der Waals surface area contributed by atoms with Gasteiger partial charge in [-0.1, -0.05) is 12.1 Å². The second-order valence-electron chi connectivity index (χ2n) is 7.22. The lowest BCUT2D eigenvalue weighted by Gasteiger charge is -2.19. The van der Waals surface area contributed by atoms with Gasteiger partial charge in [-0.15, -0.1) is 0 Å². The number of hydrogen-bond donors (Lipinski definition) is 1. The Kier molecular flexibility index (Phi) is 5.49. The van der Waals surface area contributed by atoms with Crippen molar-refractivity contribution in [2.75, 3.05) is 30.4 Å². The first-order valence-corrected chi connectivity index (χ1v) is 9.30. The Morgan fingerprint density at radius 1 is 1.14 bits per heavy atom. The summed E-state index contributed by atoms with van der Waals surface area (Å²) in [6.45, 7) is 6.08. The first kappa shape index (κ1) is 19.6. The molecule has 3 rings (SSSR count). The van der Waals surface area contributed by atoms with E-state index >= 15 is 0 Å². The fourth-order valence-electron chi connectivity index (χ4n) is 3.45. The molecule has 0 bridgehead atoms. The Hall–Kier alpha value is -3.15. The van der Waals surface area contributed by atoms with E-state index in [1.807, 2.05) is 38.1 Å². The Balaban J connectivity index is 1.67. The van der Waals surface area contributed by atoms with Gasteiger partial charge in [0.2, 0.25) is 11.8 Å². The highest BCUT2D eigenvalue weighted by atomic mass is 16.2. The van der Waals surface area contributed by atoms with Crippen LogP contribution in [-0.4, -0.2) is 42.8 Å². The van der Waals surface area contributed by atoms with E-state index in [1.165, 1.54) is 11.8 Å². The molecule has 146 valence electrons. The quantitative estimate of drug-likeness (QED) is 0.888. The smallest absolute Gasteiger partial charge is 0.254 e. The number of nitrogens with one attached hydrogen (secondary N) is 1. The molecule has 0 aliphatic carbocycles. The first-order valence-electron chi connectivity index (χ1n) is 9.30. The third-order valence-electron chi connectivity index (χ3n) is 5.21. The van der Waals surface area contributed by atoms with E-state index in [-0.39, 0.29) is 24.3 Å². The number of aryl methyl sites for hydroxylation is 1. The van der Waals surface area contributed by atoms with Crippen molar-refractivity contribution in [1.29, 1.82) is 0 Å². The van der Waals surface area contributed by atoms with Crippen LogP contribution in [0.3, 0.4) is 0 Å². The first-order chi connectivity index (χ1) is 13.3. The topological polar surface area (TPSA) is 69.7 Å². The Morgan fingerprint density at radius 2 is 1.89 bits per heavy atom. The molecule has 0 aromatic heterocycles. The maximum absolute atomic E-state index is 12.7. The molecule has 1 aliphatic rings. The summed E-state index contributed by atoms with van der Waals surface area (Å²) in [6.07, 6.45) is 0.729. The molecular weight excluding hydrogens is 354 g/mol. The Bertz CT molecular complexity index is 952. The van der Waals surface area contributed by atoms with Gasteiger partial charge in [-0.25, -0.2) is 0 Å². The van der Waals surface area contributed by atoms with Gasteiger partial charge in [-0.2, -0.15) is 0 Å². The van der Waals surface area contributed by atoms with Crippen LogP contribution >= 0.6 is 0 Å². The molecule has 28 heavy (non-hydrogen) atoms. The molecule has 0 spiro atoms. The van der Waals surface area contributed by atoms with Crippen LogP contribution in [0.1, 0.15) is 34.0 Å². The molecule has 1 aliphatic heterocycles. The summed E-state index contributed by atoms with van der Waals surface area (Å²) in [6, 6.07) is 11.1. The highest BCUT2D eigenvalue weighted by Crippen LogP contribution is 2.29. The average molecular weight is 379 g/mol. The van der Waals surface area contributed by atoms with Gasteiger partial charge in [0.15, 0.2) is 0 Å². The number of benzene rings is 2. The Labute approximate surface area is 165 Å². The van der Waals surface area contributed by atoms with Crippen LogP contribution in [0.2, 0.25) is 0 Å². The van der Waals surface area contributed by atoms with Gasteiger partial charge in [-0.05, 0) is 61.2 Å². The summed E-state index contributed by atoms with van der Waals surface area (Å²) in [7, 11) is 1.61. The lowest BCUT2D eigenvalue weighted by molar-refractivity contribution is -0.117. The molecule has 0 unspecified atom stereocenters. The van der Waals surface area contributed by atoms with Crippen LogP contribution in [0.5, 0.6) is 0 Å². The molecule has 0 atom stereocenters. The summed E-state index contributed by atoms with van der Waals surface area (Å²) < 4.78 is 0. The highest BCUT2D eigenvalue weighted by Gasteiger charge is 2.24. The molecule has 0 saturated carbocycles. The second kappa shape index (κ2) is 7.84. The number of anilines is 2. The van der Waals surface area contributed by atoms with Crippen LogP contribution in [0.15, 0.2) is 36.4 Å². The number of carbonyl (C=O) groups excluding carboxylic acids is 3. The van der Waals surface area contributed by atoms with Crippen molar-refractivity contribution in [2.45, 2.75) is 27.2 Å². The minimum atomic E-state index is -0.242. The van der Waals surface area contributed by atoms with E-state index < -0.39 is 0 Å². The van der Waals surface area contributed by atoms with Crippen molar-refractivity contribution in [1.82, 2.24) is 4.90 Å². The third-order valence-corrected chi connectivity index (χ3v) is 5.21. The van der Waals surface area contributed by atoms with Gasteiger partial charge in [0, 0.05) is 37.5 Å². The zero-order chi connectivity index (χ0) is 20.4. The summed E-state index contributed by atoms with van der Waals surface area (Å²) in [5, 5.41) is 2.87. The largest absolute Gasteiger partial charge is 0.332 e. The fourth-order valence-corrected chi connectivity index (χ4v) is 3.45. The van der Waals surface area contributed by atoms with E-state index in [1.54, 1.807) is 24.1 Å². The standard InChI is InChI=1S/C22H25N3O3/c1-14-6-5-7-19(15(14)2)23-21(27)13-24(4)22(28)18-8-9-20-17(12-18)10-11-25(20)16(3)26/h5-9,12H,10-11,13H2,1-4H3,(H,23,27). The molecular formula is C22H25N3O3. The second-order valence-corrected chi connectivity index (χ2v) is 7.22. The molecule has 0 saturated heterocycles. The summed E-state index contributed by atoms with van der Waals surface area (Å²) in [5.74, 6) is -0.466. The molecule has 6 nitrogen and oxygen atoms in total. The summed E-state index contributed by atoms with van der Waals surface area (Å²) >= 11 is 0. The molecule has 1 heterocycles. The SMILES string of the molecule is CC(=O)N1CCc2cc(C(=O)N(C)CC(=O)Nc3cccc(C)c3C)ccc21. The van der Waals surface area contributed by atoms with Crippen molar-refractivity contribution in [3.8, 4) is 0 Å². The van der Waals surface area contributed by atoms with Gasteiger partial charge in [0.25, 0.3) is 5.91 Å². The van der Waals surface area contributed by atoms with E-state index in [0.29, 0.717) is 12.1 Å². The fraction of sp³-hybridized carbons (Fsp3) is 0.318. The van der Waals surface area contributed by atoms with Crippen molar-refractivity contribution in [3.63, 3.8) is 0 Å². The number of likely N-dealkylation sites (N-methyl/N-ethyl adjacent to an activating group) is 1. The van der Waals surface area contributed by atoms with Crippen LogP contribution in [0.25, 0.3) is 0 Å². The van der Waals surface area contributed by atoms with Gasteiger partial charge < -0.3 is 15.1 Å². The van der Waals surface area contributed by atoms with E-state index in [2.05, 4.69) is 5.32 Å². The van der Waals surface area contributed by atoms with Crippen LogP contribution in [-0.2, 0) is 16.0 Å². The molecule has 2 aromatic carbocycles. The zero-order valence-electron chi connectivity index (χ0n) is 16.7. The van der Waals surface area contributed by atoms with E-state index in [4.69, 9.17) is 0 Å². The Morgan fingerprint density at radius 3 is 2.61 bits per heavy atom. The van der Waals surface area contributed by atoms with Gasteiger partial charge in [0.1, 0.15) is 0 Å². The molecule has 1 N–H and O–H groups in total. The monoisotopic (exact) mass is 379 g/mol. The predicted octanol–water partition coefficient (Wildman–Crippen LogP) is 2.92. The van der Waals surface area contributed by atoms with Crippen LogP contribution in [0.4, 0.5) is 11.4 Å². The zero-order valence-corrected chi connectivity index (χ0v) is 16.7. The van der Waals surface area contributed by atoms with Gasteiger partial charge in [0.05, 0.1) is 6.54 Å². The van der Waals surface area contributed by atoms with Crippen LogP contribution in [0, 0.1) is 13.8 Å². The third kappa shape index (κ3) is 3.91. The highest BCUT2D eigenvalue weighted by molar-refractivity contribution is 6.01. The number of hydrogen-bond acceptors (Lipinski definition) is 3. The summed E-state index contributed by atoms with van der Waals surface area (Å²) in [4.78, 5) is 39.9. The van der Waals surface area contributed by atoms with E-state index in [0.717, 1.165) is 34.5 Å². The van der Waals surface area contributed by atoms with Crippen molar-refractivity contribution in [2.24, 2.45) is 0 Å². The number of carbonyl (C=O) groups is 3. The van der Waals surface area contributed by atoms with Crippen molar-refractivity contribution >= 4 is 29.1 Å². The van der Waals surface area contributed by atoms with Crippen molar-refractivity contribution < 1.29 is 14.4 Å². The van der Waals surface area contributed by atoms with Gasteiger partial charge >= 0.3 is 0 Å². The molecule has 3 amide bonds. The minimum absolute atomic E-state index is 0.00180. The minimum Gasteiger partial charge on any atom is -0.332 e. The number of fused-ring (bicyclic) bond motifs is 1. The summed E-state index contributed by atoms with van der Waals surface area (Å²) in [5.41, 5.74) is 5.23. The number of nitrogens with zero attached hydrogens (tertiary/aromatic N) is 2. The number of amides is 3. The molecule has 0 fully saturated rings. The lowest BCUT2D eigenvalue weighted by atomic mass is 10.1. The molecule has 6 heteroatoms. The van der Waals surface area contributed by atoms with Gasteiger partial charge in [-0.3, -0.25) is 14.4 Å². The normalized spacial score (nSPS) is 12.5. The predicted molar refractivity (Wildman–Crippen MR) is 110 cm³/mol. The average Bonchev–Trinajstić information content (AvgIpc) is 3.08. The maximum Gasteiger partial charge on any atom is 0.254 e. The number of rotatable bonds is 4. The van der Waals surface area contributed by atoms with Crippen molar-refractivity contribution in [3.05, 3.63) is 58.7 Å². The van der Waals surface area contributed by atoms with E-state index in [9.17, 15) is 14.4 Å². The molecule has 2 aromatic rings. The van der Waals surface area contributed by atoms with Crippen LogP contribution < -0.4 is 10.2 Å². The maximum atomic E-state index is 12.7.